The van der Waals surface area contributed by atoms with Crippen molar-refractivity contribution < 1.29 is 19.1 Å². The first-order valence-electron chi connectivity index (χ1n) is 12.7. The highest BCUT2D eigenvalue weighted by Crippen LogP contribution is 2.36. The molecule has 1 aliphatic carbocycles. The number of hydrogen-bond acceptors (Lipinski definition) is 6. The van der Waals surface area contributed by atoms with Gasteiger partial charge in [-0.05, 0) is 68.1 Å². The molecule has 5 rings (SSSR count). The normalized spacial score (nSPS) is 29.8. The first kappa shape index (κ1) is 23.5. The second-order valence-corrected chi connectivity index (χ2v) is 10.6. The summed E-state index contributed by atoms with van der Waals surface area (Å²) in [5, 5.41) is 2.36. The van der Waals surface area contributed by atoms with Crippen molar-refractivity contribution in [2.45, 2.75) is 75.6 Å². The minimum Gasteiger partial charge on any atom is -0.381 e. The van der Waals surface area contributed by atoms with Crippen LogP contribution in [0.25, 0.3) is 0 Å². The molecule has 34 heavy (non-hydrogen) atoms. The van der Waals surface area contributed by atoms with Gasteiger partial charge in [-0.3, -0.25) is 19.7 Å². The van der Waals surface area contributed by atoms with E-state index >= 15 is 0 Å². The minimum atomic E-state index is -0.588. The lowest BCUT2D eigenvalue weighted by Gasteiger charge is -2.41. The van der Waals surface area contributed by atoms with E-state index in [1.807, 2.05) is 19.2 Å². The molecule has 2 saturated heterocycles. The number of likely N-dealkylation sites (tertiary alicyclic amines) is 1. The summed E-state index contributed by atoms with van der Waals surface area (Å²) in [4.78, 5) is 40.9. The molecular formula is C26H36N4O4. The molecule has 3 fully saturated rings. The second kappa shape index (κ2) is 9.40. The Balaban J connectivity index is 1.21. The third kappa shape index (κ3) is 4.51. The van der Waals surface area contributed by atoms with Gasteiger partial charge in [0.25, 0.3) is 5.91 Å². The van der Waals surface area contributed by atoms with E-state index in [9.17, 15) is 14.4 Å². The van der Waals surface area contributed by atoms with E-state index in [-0.39, 0.29) is 24.1 Å². The summed E-state index contributed by atoms with van der Waals surface area (Å²) in [6.45, 7) is 3.50. The fourth-order valence-electron chi connectivity index (χ4n) is 6.22. The number of amides is 3. The topological polar surface area (TPSA) is 105 Å². The highest BCUT2D eigenvalue weighted by molar-refractivity contribution is 6.05. The minimum absolute atomic E-state index is 0.139. The lowest BCUT2D eigenvalue weighted by molar-refractivity contribution is -0.136. The quantitative estimate of drug-likeness (QED) is 0.640. The number of carbonyl (C=O) groups is 3. The van der Waals surface area contributed by atoms with Gasteiger partial charge in [0.15, 0.2) is 0 Å². The van der Waals surface area contributed by atoms with Gasteiger partial charge in [-0.1, -0.05) is 12.1 Å². The molecule has 3 heterocycles. The van der Waals surface area contributed by atoms with Gasteiger partial charge in [-0.2, -0.15) is 0 Å². The molecule has 3 amide bonds. The Morgan fingerprint density at radius 3 is 2.50 bits per heavy atom. The number of methoxy groups -OCH3 is 1. The van der Waals surface area contributed by atoms with Crippen LogP contribution >= 0.6 is 0 Å². The molecule has 3 aliphatic heterocycles. The molecular weight excluding hydrogens is 432 g/mol. The van der Waals surface area contributed by atoms with Gasteiger partial charge < -0.3 is 20.3 Å². The molecule has 3 N–H and O–H groups in total. The van der Waals surface area contributed by atoms with Gasteiger partial charge in [0, 0.05) is 50.8 Å². The monoisotopic (exact) mass is 468 g/mol. The molecule has 1 aromatic carbocycles. The van der Waals surface area contributed by atoms with Crippen LogP contribution in [0.15, 0.2) is 18.2 Å². The Morgan fingerprint density at radius 2 is 1.82 bits per heavy atom. The number of benzene rings is 1. The maximum absolute atomic E-state index is 13.0. The average molecular weight is 469 g/mol. The predicted molar refractivity (Wildman–Crippen MR) is 127 cm³/mol. The number of nitrogens with zero attached hydrogens (tertiary/aromatic N) is 2. The number of rotatable bonds is 5. The van der Waals surface area contributed by atoms with Crippen LogP contribution in [0, 0.1) is 5.92 Å². The van der Waals surface area contributed by atoms with Gasteiger partial charge in [0.1, 0.15) is 6.04 Å². The molecule has 4 aliphatic rings. The van der Waals surface area contributed by atoms with Crippen molar-refractivity contribution in [1.29, 1.82) is 0 Å². The molecule has 0 aromatic heterocycles. The van der Waals surface area contributed by atoms with Crippen LogP contribution in [0.5, 0.6) is 0 Å². The SMILES string of the molecule is COC1CCC(CN2CCC(N)(c3ccc4c(c3)CN(C3CCC(=O)NC3=O)C4=O)CC2)CC1. The van der Waals surface area contributed by atoms with E-state index in [0.29, 0.717) is 24.6 Å². The van der Waals surface area contributed by atoms with Crippen LogP contribution in [0.4, 0.5) is 0 Å². The smallest absolute Gasteiger partial charge is 0.255 e. The molecule has 1 atom stereocenters. The van der Waals surface area contributed by atoms with Gasteiger partial charge in [-0.15, -0.1) is 0 Å². The highest BCUT2D eigenvalue weighted by Gasteiger charge is 2.40. The van der Waals surface area contributed by atoms with Crippen molar-refractivity contribution in [3.05, 3.63) is 34.9 Å². The summed E-state index contributed by atoms with van der Waals surface area (Å²) >= 11 is 0. The van der Waals surface area contributed by atoms with Crippen molar-refractivity contribution in [3.63, 3.8) is 0 Å². The van der Waals surface area contributed by atoms with E-state index in [0.717, 1.165) is 49.5 Å². The van der Waals surface area contributed by atoms with Crippen molar-refractivity contribution in [2.24, 2.45) is 11.7 Å². The maximum atomic E-state index is 13.0. The Kier molecular flexibility index (Phi) is 6.48. The molecule has 184 valence electrons. The maximum Gasteiger partial charge on any atom is 0.255 e. The Labute approximate surface area is 201 Å². The van der Waals surface area contributed by atoms with E-state index in [1.165, 1.54) is 25.7 Å². The molecule has 8 heteroatoms. The van der Waals surface area contributed by atoms with E-state index in [2.05, 4.69) is 16.3 Å². The van der Waals surface area contributed by atoms with Crippen LogP contribution in [-0.4, -0.2) is 66.4 Å². The first-order valence-corrected chi connectivity index (χ1v) is 12.7. The highest BCUT2D eigenvalue weighted by atomic mass is 16.5. The number of imide groups is 1. The van der Waals surface area contributed by atoms with Gasteiger partial charge in [0.2, 0.25) is 11.8 Å². The lowest BCUT2D eigenvalue weighted by atomic mass is 9.80. The zero-order chi connectivity index (χ0) is 23.9. The predicted octanol–water partition coefficient (Wildman–Crippen LogP) is 1.90. The third-order valence-corrected chi connectivity index (χ3v) is 8.49. The van der Waals surface area contributed by atoms with Gasteiger partial charge >= 0.3 is 0 Å². The standard InChI is InChI=1S/C26H36N4O4/c1-34-20-5-2-17(3-6-20)15-29-12-10-26(27,11-13-29)19-4-7-21-18(14-19)16-30(25(21)33)22-8-9-23(31)28-24(22)32/h4,7,14,17,20,22H,2-3,5-6,8-13,15-16,27H2,1H3,(H,28,31,32). The van der Waals surface area contributed by atoms with Crippen LogP contribution < -0.4 is 11.1 Å². The largest absolute Gasteiger partial charge is 0.381 e. The Hall–Kier alpha value is -2.29. The Bertz CT molecular complexity index is 964. The Morgan fingerprint density at radius 1 is 1.09 bits per heavy atom. The zero-order valence-corrected chi connectivity index (χ0v) is 20.1. The van der Waals surface area contributed by atoms with Crippen LogP contribution in [0.2, 0.25) is 0 Å². The molecule has 1 unspecified atom stereocenters. The molecule has 0 spiro atoms. The van der Waals surface area contributed by atoms with Crippen molar-refractivity contribution in [2.75, 3.05) is 26.7 Å². The summed E-state index contributed by atoms with van der Waals surface area (Å²) in [6.07, 6.45) is 7.68. The molecule has 8 nitrogen and oxygen atoms in total. The van der Waals surface area contributed by atoms with Gasteiger partial charge in [-0.25, -0.2) is 0 Å². The molecule has 1 aromatic rings. The third-order valence-electron chi connectivity index (χ3n) is 8.49. The number of nitrogens with two attached hydrogens (primary N) is 1. The van der Waals surface area contributed by atoms with Gasteiger partial charge in [0.05, 0.1) is 6.10 Å². The first-order chi connectivity index (χ1) is 16.4. The van der Waals surface area contributed by atoms with Crippen molar-refractivity contribution >= 4 is 17.7 Å². The summed E-state index contributed by atoms with van der Waals surface area (Å²) in [5.41, 5.74) is 9.15. The summed E-state index contributed by atoms with van der Waals surface area (Å²) in [5.74, 6) is -0.0381. The zero-order valence-electron chi connectivity index (χ0n) is 20.1. The number of piperidine rings is 2. The van der Waals surface area contributed by atoms with E-state index in [4.69, 9.17) is 10.5 Å². The van der Waals surface area contributed by atoms with Crippen molar-refractivity contribution in [3.8, 4) is 0 Å². The van der Waals surface area contributed by atoms with Crippen LogP contribution in [0.3, 0.4) is 0 Å². The summed E-state index contributed by atoms with van der Waals surface area (Å²) in [7, 11) is 1.82. The van der Waals surface area contributed by atoms with E-state index < -0.39 is 11.6 Å². The molecule has 0 bridgehead atoms. The summed E-state index contributed by atoms with van der Waals surface area (Å²) < 4.78 is 5.51. The average Bonchev–Trinajstić information content (AvgIpc) is 3.17. The van der Waals surface area contributed by atoms with Crippen LogP contribution in [0.1, 0.15) is 72.9 Å². The molecule has 0 radical (unpaired) electrons. The number of ether oxygens (including phenoxy) is 1. The number of carbonyl (C=O) groups excluding carboxylic acids is 3. The fraction of sp³-hybridized carbons (Fsp3) is 0.654. The number of nitrogens with one attached hydrogen (secondary N) is 1. The van der Waals surface area contributed by atoms with Crippen LogP contribution in [-0.2, 0) is 26.4 Å². The second-order valence-electron chi connectivity index (χ2n) is 10.6. The number of fused-ring (bicyclic) bond motifs is 1. The molecule has 1 saturated carbocycles. The number of hydrogen-bond donors (Lipinski definition) is 2. The van der Waals surface area contributed by atoms with Crippen molar-refractivity contribution in [1.82, 2.24) is 15.1 Å². The lowest BCUT2D eigenvalue weighted by Crippen LogP contribution is -2.52. The van der Waals surface area contributed by atoms with E-state index in [1.54, 1.807) is 4.90 Å². The fourth-order valence-corrected chi connectivity index (χ4v) is 6.22. The summed E-state index contributed by atoms with van der Waals surface area (Å²) in [6, 6.07) is 5.34.